The molecule has 0 spiro atoms. The van der Waals surface area contributed by atoms with Gasteiger partial charge in [-0.25, -0.2) is 0 Å². The van der Waals surface area contributed by atoms with Gasteiger partial charge < -0.3 is 9.67 Å². The Morgan fingerprint density at radius 3 is 2.69 bits per heavy atom. The molecule has 0 amide bonds. The third kappa shape index (κ3) is 2.02. The van der Waals surface area contributed by atoms with Crippen molar-refractivity contribution in [3.8, 4) is 0 Å². The van der Waals surface area contributed by atoms with Crippen LogP contribution < -0.4 is 0 Å². The normalized spacial score (nSPS) is 13.2. The van der Waals surface area contributed by atoms with Crippen LogP contribution in [0, 0.1) is 0 Å². The average Bonchev–Trinajstić information content (AvgIpc) is 2.50. The van der Waals surface area contributed by atoms with Crippen LogP contribution in [0.1, 0.15) is 19.0 Å². The lowest BCUT2D eigenvalue weighted by atomic mass is 10.1. The zero-order valence-corrected chi connectivity index (χ0v) is 11.2. The van der Waals surface area contributed by atoms with Crippen LogP contribution in [0.25, 0.3) is 10.9 Å². The second-order valence-electron chi connectivity index (χ2n) is 4.22. The van der Waals surface area contributed by atoms with Gasteiger partial charge in [0.1, 0.15) is 0 Å². The maximum atomic E-state index is 9.35. The minimum Gasteiger partial charge on any atom is -0.393 e. The van der Waals surface area contributed by atoms with E-state index in [1.165, 1.54) is 16.6 Å². The maximum absolute atomic E-state index is 9.35. The van der Waals surface area contributed by atoms with E-state index in [1.54, 1.807) is 0 Å². The van der Waals surface area contributed by atoms with Crippen molar-refractivity contribution in [2.45, 2.75) is 25.9 Å². The van der Waals surface area contributed by atoms with E-state index in [0.717, 1.165) is 17.3 Å². The van der Waals surface area contributed by atoms with Crippen molar-refractivity contribution in [3.05, 3.63) is 34.4 Å². The molecule has 1 heterocycles. The summed E-state index contributed by atoms with van der Waals surface area (Å²) in [6.45, 7) is 1.83. The number of benzene rings is 1. The first kappa shape index (κ1) is 11.7. The first-order chi connectivity index (χ1) is 7.61. The molecule has 2 aromatic rings. The third-order valence-corrected chi connectivity index (χ3v) is 3.84. The van der Waals surface area contributed by atoms with Crippen LogP contribution >= 0.6 is 15.9 Å². The van der Waals surface area contributed by atoms with Crippen LogP contribution in [-0.2, 0) is 13.5 Å². The lowest BCUT2D eigenvalue weighted by Gasteiger charge is -2.06. The molecule has 0 radical (unpaired) electrons. The number of halogens is 1. The molecular weight excluding hydrogens is 266 g/mol. The number of rotatable bonds is 3. The molecule has 0 bridgehead atoms. The lowest BCUT2D eigenvalue weighted by molar-refractivity contribution is 0.184. The number of para-hydroxylation sites is 1. The van der Waals surface area contributed by atoms with Crippen LogP contribution in [0.3, 0.4) is 0 Å². The summed E-state index contributed by atoms with van der Waals surface area (Å²) in [6.07, 6.45) is 1.44. The van der Waals surface area contributed by atoms with Gasteiger partial charge in [-0.05, 0) is 41.8 Å². The van der Waals surface area contributed by atoms with Gasteiger partial charge in [-0.1, -0.05) is 18.2 Å². The van der Waals surface area contributed by atoms with E-state index in [1.807, 2.05) is 19.1 Å². The quantitative estimate of drug-likeness (QED) is 0.918. The first-order valence-electron chi connectivity index (χ1n) is 5.51. The standard InChI is InChI=1S/C13H16BrNO/c1-9(16)7-8-12-13(14)10-5-3-4-6-11(10)15(12)2/h3-6,9,16H,7-8H2,1-2H3/t9-/m0/s1. The molecule has 2 nitrogen and oxygen atoms in total. The highest BCUT2D eigenvalue weighted by Gasteiger charge is 2.12. The third-order valence-electron chi connectivity index (χ3n) is 2.96. The number of aliphatic hydroxyl groups excluding tert-OH is 1. The van der Waals surface area contributed by atoms with Gasteiger partial charge in [-0.15, -0.1) is 0 Å². The SMILES string of the molecule is C[C@H](O)CCc1c(Br)c2ccccc2n1C. The van der Waals surface area contributed by atoms with Gasteiger partial charge in [0.25, 0.3) is 0 Å². The molecule has 0 aliphatic rings. The predicted molar refractivity (Wildman–Crippen MR) is 70.6 cm³/mol. The highest BCUT2D eigenvalue weighted by molar-refractivity contribution is 9.10. The van der Waals surface area contributed by atoms with Gasteiger partial charge in [-0.2, -0.15) is 0 Å². The van der Waals surface area contributed by atoms with Gasteiger partial charge in [0.05, 0.1) is 6.10 Å². The minimum absolute atomic E-state index is 0.245. The summed E-state index contributed by atoms with van der Waals surface area (Å²) in [4.78, 5) is 0. The Hall–Kier alpha value is -0.800. The molecule has 1 N–H and O–H groups in total. The van der Waals surface area contributed by atoms with Crippen molar-refractivity contribution in [1.82, 2.24) is 4.57 Å². The van der Waals surface area contributed by atoms with Crippen molar-refractivity contribution < 1.29 is 5.11 Å². The Morgan fingerprint density at radius 1 is 1.38 bits per heavy atom. The van der Waals surface area contributed by atoms with Crippen molar-refractivity contribution in [2.75, 3.05) is 0 Å². The number of hydrogen-bond donors (Lipinski definition) is 1. The highest BCUT2D eigenvalue weighted by atomic mass is 79.9. The largest absolute Gasteiger partial charge is 0.393 e. The Morgan fingerprint density at radius 2 is 2.06 bits per heavy atom. The molecule has 0 unspecified atom stereocenters. The van der Waals surface area contributed by atoms with Crippen LogP contribution in [0.4, 0.5) is 0 Å². The molecule has 0 aliphatic heterocycles. The molecule has 2 rings (SSSR count). The van der Waals surface area contributed by atoms with E-state index in [4.69, 9.17) is 0 Å². The fraction of sp³-hybridized carbons (Fsp3) is 0.385. The molecule has 0 aliphatic carbocycles. The van der Waals surface area contributed by atoms with Crippen LogP contribution in [0.15, 0.2) is 28.7 Å². The van der Waals surface area contributed by atoms with Crippen LogP contribution in [-0.4, -0.2) is 15.8 Å². The Labute approximate surface area is 104 Å². The lowest BCUT2D eigenvalue weighted by Crippen LogP contribution is -2.04. The first-order valence-corrected chi connectivity index (χ1v) is 6.30. The fourth-order valence-electron chi connectivity index (χ4n) is 2.02. The number of aromatic nitrogens is 1. The van der Waals surface area contributed by atoms with Gasteiger partial charge in [0, 0.05) is 28.1 Å². The average molecular weight is 282 g/mol. The number of aryl methyl sites for hydroxylation is 1. The Kier molecular flexibility index (Phi) is 3.36. The summed E-state index contributed by atoms with van der Waals surface area (Å²) in [5.41, 5.74) is 2.48. The molecule has 1 atom stereocenters. The van der Waals surface area contributed by atoms with Crippen molar-refractivity contribution in [1.29, 1.82) is 0 Å². The van der Waals surface area contributed by atoms with E-state index in [9.17, 15) is 5.11 Å². The van der Waals surface area contributed by atoms with Gasteiger partial charge in [0.15, 0.2) is 0 Å². The van der Waals surface area contributed by atoms with Crippen LogP contribution in [0.2, 0.25) is 0 Å². The van der Waals surface area contributed by atoms with E-state index in [-0.39, 0.29) is 6.10 Å². The summed E-state index contributed by atoms with van der Waals surface area (Å²) in [5.74, 6) is 0. The summed E-state index contributed by atoms with van der Waals surface area (Å²) in [7, 11) is 2.07. The monoisotopic (exact) mass is 281 g/mol. The zero-order valence-electron chi connectivity index (χ0n) is 9.57. The smallest absolute Gasteiger partial charge is 0.0515 e. The number of nitrogens with zero attached hydrogens (tertiary/aromatic N) is 1. The van der Waals surface area contributed by atoms with Crippen molar-refractivity contribution >= 4 is 26.8 Å². The highest BCUT2D eigenvalue weighted by Crippen LogP contribution is 2.30. The second-order valence-corrected chi connectivity index (χ2v) is 5.02. The molecule has 86 valence electrons. The van der Waals surface area contributed by atoms with E-state index < -0.39 is 0 Å². The zero-order chi connectivity index (χ0) is 11.7. The molecule has 1 aromatic heterocycles. The molecule has 0 saturated heterocycles. The Bertz CT molecular complexity index is 463. The molecule has 0 saturated carbocycles. The van der Waals surface area contributed by atoms with Crippen LogP contribution in [0.5, 0.6) is 0 Å². The van der Waals surface area contributed by atoms with E-state index >= 15 is 0 Å². The Balaban J connectivity index is 2.45. The molecule has 16 heavy (non-hydrogen) atoms. The minimum atomic E-state index is -0.245. The number of aliphatic hydroxyl groups is 1. The van der Waals surface area contributed by atoms with E-state index in [0.29, 0.717) is 0 Å². The van der Waals surface area contributed by atoms with Gasteiger partial charge in [-0.3, -0.25) is 0 Å². The van der Waals surface area contributed by atoms with Crippen molar-refractivity contribution in [3.63, 3.8) is 0 Å². The van der Waals surface area contributed by atoms with Gasteiger partial charge >= 0.3 is 0 Å². The predicted octanol–water partition coefficient (Wildman–Crippen LogP) is 3.25. The fourth-order valence-corrected chi connectivity index (χ4v) is 2.82. The maximum Gasteiger partial charge on any atom is 0.0515 e. The van der Waals surface area contributed by atoms with E-state index in [2.05, 4.69) is 39.7 Å². The molecule has 0 fully saturated rings. The molecule has 1 aromatic carbocycles. The molecular formula is C13H16BrNO. The number of fused-ring (bicyclic) bond motifs is 1. The van der Waals surface area contributed by atoms with Gasteiger partial charge in [0.2, 0.25) is 0 Å². The topological polar surface area (TPSA) is 25.2 Å². The van der Waals surface area contributed by atoms with Crippen molar-refractivity contribution in [2.24, 2.45) is 7.05 Å². The summed E-state index contributed by atoms with van der Waals surface area (Å²) < 4.78 is 3.35. The number of hydrogen-bond acceptors (Lipinski definition) is 1. The second kappa shape index (κ2) is 4.60. The molecule has 3 heteroatoms. The summed E-state index contributed by atoms with van der Waals surface area (Å²) >= 11 is 3.65. The summed E-state index contributed by atoms with van der Waals surface area (Å²) in [5, 5.41) is 10.6. The summed E-state index contributed by atoms with van der Waals surface area (Å²) in [6, 6.07) is 8.33.